The fourth-order valence-corrected chi connectivity index (χ4v) is 1.55. The zero-order valence-corrected chi connectivity index (χ0v) is 10.6. The van der Waals surface area contributed by atoms with Gasteiger partial charge in [0.15, 0.2) is 0 Å². The molecule has 1 aromatic carbocycles. The number of carboxylic acid groups (broad SMARTS) is 1. The molecule has 0 saturated heterocycles. The van der Waals surface area contributed by atoms with Crippen molar-refractivity contribution in [2.45, 2.75) is 6.42 Å². The van der Waals surface area contributed by atoms with Crippen molar-refractivity contribution in [1.29, 1.82) is 0 Å². The van der Waals surface area contributed by atoms with E-state index in [0.717, 1.165) is 6.54 Å². The van der Waals surface area contributed by atoms with Gasteiger partial charge in [-0.3, -0.25) is 9.59 Å². The molecule has 0 spiro atoms. The lowest BCUT2D eigenvalue weighted by Gasteiger charge is -2.12. The van der Waals surface area contributed by atoms with Crippen LogP contribution in [0.1, 0.15) is 15.9 Å². The minimum atomic E-state index is -0.941. The van der Waals surface area contributed by atoms with Gasteiger partial charge in [0, 0.05) is 18.7 Å². The molecule has 0 heterocycles. The summed E-state index contributed by atoms with van der Waals surface area (Å²) in [5.74, 6) is -1.17. The predicted molar refractivity (Wildman–Crippen MR) is 68.7 cm³/mol. The van der Waals surface area contributed by atoms with E-state index in [4.69, 9.17) is 5.11 Å². The van der Waals surface area contributed by atoms with Crippen LogP contribution in [0.5, 0.6) is 0 Å². The van der Waals surface area contributed by atoms with E-state index in [0.29, 0.717) is 17.7 Å². The molecule has 1 rings (SSSR count). The SMILES string of the molecule is CN(C)CCNC(=O)c1ccccc1CC(=O)O. The van der Waals surface area contributed by atoms with E-state index >= 15 is 0 Å². The van der Waals surface area contributed by atoms with Crippen LogP contribution < -0.4 is 5.32 Å². The van der Waals surface area contributed by atoms with Crippen LogP contribution in [-0.2, 0) is 11.2 Å². The summed E-state index contributed by atoms with van der Waals surface area (Å²) in [5.41, 5.74) is 0.964. The van der Waals surface area contributed by atoms with Gasteiger partial charge in [-0.15, -0.1) is 0 Å². The van der Waals surface area contributed by atoms with Gasteiger partial charge < -0.3 is 15.3 Å². The number of aliphatic carboxylic acids is 1. The van der Waals surface area contributed by atoms with Crippen LogP contribution in [0.3, 0.4) is 0 Å². The Morgan fingerprint density at radius 1 is 1.28 bits per heavy atom. The summed E-state index contributed by atoms with van der Waals surface area (Å²) < 4.78 is 0. The summed E-state index contributed by atoms with van der Waals surface area (Å²) in [7, 11) is 3.84. The van der Waals surface area contributed by atoms with Gasteiger partial charge in [-0.1, -0.05) is 18.2 Å². The fourth-order valence-electron chi connectivity index (χ4n) is 1.55. The Balaban J connectivity index is 2.69. The molecule has 0 aliphatic carbocycles. The molecule has 0 aromatic heterocycles. The van der Waals surface area contributed by atoms with Gasteiger partial charge in [-0.25, -0.2) is 0 Å². The number of rotatable bonds is 6. The van der Waals surface area contributed by atoms with Crippen molar-refractivity contribution in [3.63, 3.8) is 0 Å². The largest absolute Gasteiger partial charge is 0.481 e. The molecule has 0 aliphatic rings. The first-order valence-electron chi connectivity index (χ1n) is 5.73. The lowest BCUT2D eigenvalue weighted by molar-refractivity contribution is -0.136. The highest BCUT2D eigenvalue weighted by atomic mass is 16.4. The van der Waals surface area contributed by atoms with Crippen molar-refractivity contribution in [3.05, 3.63) is 35.4 Å². The number of benzene rings is 1. The molecule has 5 nitrogen and oxygen atoms in total. The first-order valence-corrected chi connectivity index (χ1v) is 5.73. The van der Waals surface area contributed by atoms with Gasteiger partial charge in [0.05, 0.1) is 6.42 Å². The second-order valence-electron chi connectivity index (χ2n) is 4.29. The molecule has 1 aromatic rings. The molecule has 0 fully saturated rings. The lowest BCUT2D eigenvalue weighted by atomic mass is 10.0. The minimum Gasteiger partial charge on any atom is -0.481 e. The third-order valence-corrected chi connectivity index (χ3v) is 2.45. The quantitative estimate of drug-likeness (QED) is 0.776. The number of nitrogens with one attached hydrogen (secondary N) is 1. The van der Waals surface area contributed by atoms with Crippen molar-refractivity contribution >= 4 is 11.9 Å². The Morgan fingerprint density at radius 3 is 2.56 bits per heavy atom. The highest BCUT2D eigenvalue weighted by Gasteiger charge is 2.12. The Kier molecular flexibility index (Phi) is 5.32. The molecule has 0 unspecified atom stereocenters. The molecule has 0 radical (unpaired) electrons. The standard InChI is InChI=1S/C13H18N2O3/c1-15(2)8-7-14-13(18)11-6-4-3-5-10(11)9-12(16)17/h3-6H,7-9H2,1-2H3,(H,14,18)(H,16,17). The second kappa shape index (κ2) is 6.76. The molecule has 0 saturated carbocycles. The van der Waals surface area contributed by atoms with Crippen LogP contribution in [-0.4, -0.2) is 49.1 Å². The number of carbonyl (C=O) groups excluding carboxylic acids is 1. The highest BCUT2D eigenvalue weighted by molar-refractivity contribution is 5.96. The number of likely N-dealkylation sites (N-methyl/N-ethyl adjacent to an activating group) is 1. The Morgan fingerprint density at radius 2 is 1.94 bits per heavy atom. The number of nitrogens with zero attached hydrogens (tertiary/aromatic N) is 1. The van der Waals surface area contributed by atoms with E-state index in [1.54, 1.807) is 24.3 Å². The number of hydrogen-bond acceptors (Lipinski definition) is 3. The summed E-state index contributed by atoms with van der Waals surface area (Å²) in [6.45, 7) is 1.28. The van der Waals surface area contributed by atoms with E-state index in [1.807, 2.05) is 19.0 Å². The first kappa shape index (κ1) is 14.2. The number of amides is 1. The van der Waals surface area contributed by atoms with Crippen LogP contribution in [0, 0.1) is 0 Å². The molecule has 0 atom stereocenters. The topological polar surface area (TPSA) is 69.6 Å². The molecular weight excluding hydrogens is 232 g/mol. The van der Waals surface area contributed by atoms with E-state index in [9.17, 15) is 9.59 Å². The average Bonchev–Trinajstić information content (AvgIpc) is 2.28. The first-order chi connectivity index (χ1) is 8.50. The molecule has 0 bridgehead atoms. The molecular formula is C13H18N2O3. The van der Waals surface area contributed by atoms with Crippen LogP contribution in [0.2, 0.25) is 0 Å². The van der Waals surface area contributed by atoms with Gasteiger partial charge in [0.25, 0.3) is 5.91 Å². The average molecular weight is 250 g/mol. The van der Waals surface area contributed by atoms with Crippen LogP contribution in [0.15, 0.2) is 24.3 Å². The molecule has 1 amide bonds. The maximum atomic E-state index is 11.9. The van der Waals surface area contributed by atoms with E-state index in [2.05, 4.69) is 5.32 Å². The maximum absolute atomic E-state index is 11.9. The Labute approximate surface area is 106 Å². The van der Waals surface area contributed by atoms with Crippen molar-refractivity contribution in [3.8, 4) is 0 Å². The van der Waals surface area contributed by atoms with Gasteiger partial charge in [-0.2, -0.15) is 0 Å². The van der Waals surface area contributed by atoms with E-state index in [1.165, 1.54) is 0 Å². The number of carboxylic acids is 1. The van der Waals surface area contributed by atoms with E-state index in [-0.39, 0.29) is 12.3 Å². The Hall–Kier alpha value is -1.88. The normalized spacial score (nSPS) is 10.4. The maximum Gasteiger partial charge on any atom is 0.307 e. The van der Waals surface area contributed by atoms with Crippen molar-refractivity contribution in [1.82, 2.24) is 10.2 Å². The molecule has 5 heteroatoms. The van der Waals surface area contributed by atoms with Gasteiger partial charge >= 0.3 is 5.97 Å². The predicted octanol–water partition coefficient (Wildman–Crippen LogP) is 0.605. The summed E-state index contributed by atoms with van der Waals surface area (Å²) in [6.07, 6.45) is -0.142. The van der Waals surface area contributed by atoms with Crippen LogP contribution in [0.4, 0.5) is 0 Å². The number of hydrogen-bond donors (Lipinski definition) is 2. The van der Waals surface area contributed by atoms with Crippen molar-refractivity contribution in [2.75, 3.05) is 27.2 Å². The third-order valence-electron chi connectivity index (χ3n) is 2.45. The van der Waals surface area contributed by atoms with Crippen LogP contribution in [0.25, 0.3) is 0 Å². The highest BCUT2D eigenvalue weighted by Crippen LogP contribution is 2.09. The second-order valence-corrected chi connectivity index (χ2v) is 4.29. The molecule has 98 valence electrons. The van der Waals surface area contributed by atoms with Crippen molar-refractivity contribution in [2.24, 2.45) is 0 Å². The lowest BCUT2D eigenvalue weighted by Crippen LogP contribution is -2.32. The van der Waals surface area contributed by atoms with Crippen molar-refractivity contribution < 1.29 is 14.7 Å². The van der Waals surface area contributed by atoms with Crippen LogP contribution >= 0.6 is 0 Å². The van der Waals surface area contributed by atoms with Gasteiger partial charge in [0.1, 0.15) is 0 Å². The monoisotopic (exact) mass is 250 g/mol. The fraction of sp³-hybridized carbons (Fsp3) is 0.385. The zero-order valence-electron chi connectivity index (χ0n) is 10.6. The molecule has 18 heavy (non-hydrogen) atoms. The minimum absolute atomic E-state index is 0.142. The summed E-state index contributed by atoms with van der Waals surface area (Å²) >= 11 is 0. The smallest absolute Gasteiger partial charge is 0.307 e. The zero-order chi connectivity index (χ0) is 13.5. The summed E-state index contributed by atoms with van der Waals surface area (Å²) in [5, 5.41) is 11.6. The van der Waals surface area contributed by atoms with E-state index < -0.39 is 5.97 Å². The third kappa shape index (κ3) is 4.55. The molecule has 2 N–H and O–H groups in total. The summed E-state index contributed by atoms with van der Waals surface area (Å²) in [6, 6.07) is 6.76. The molecule has 0 aliphatic heterocycles. The van der Waals surface area contributed by atoms with Gasteiger partial charge in [0.2, 0.25) is 0 Å². The number of carbonyl (C=O) groups is 2. The Bertz CT molecular complexity index is 430. The summed E-state index contributed by atoms with van der Waals surface area (Å²) in [4.78, 5) is 24.6. The van der Waals surface area contributed by atoms with Gasteiger partial charge in [-0.05, 0) is 25.7 Å².